The molecule has 0 saturated carbocycles. The molecule has 1 aromatic heterocycles. The molecule has 3 N–H and O–H groups in total. The van der Waals surface area contributed by atoms with Gasteiger partial charge in [-0.25, -0.2) is 4.98 Å². The van der Waals surface area contributed by atoms with Crippen LogP contribution in [0.5, 0.6) is 0 Å². The van der Waals surface area contributed by atoms with Crippen LogP contribution in [0.25, 0.3) is 0 Å². The second kappa shape index (κ2) is 4.51. The van der Waals surface area contributed by atoms with Gasteiger partial charge >= 0.3 is 0 Å². The lowest BCUT2D eigenvalue weighted by molar-refractivity contribution is 0.0950. The molecular weight excluding hydrogens is 173 g/mol. The number of pyridine rings is 1. The van der Waals surface area contributed by atoms with E-state index in [4.69, 9.17) is 5.73 Å². The molecule has 0 radical (unpaired) electrons. The zero-order chi connectivity index (χ0) is 9.68. The molecule has 0 bridgehead atoms. The Bertz CT molecular complexity index is 303. The van der Waals surface area contributed by atoms with Crippen molar-refractivity contribution in [3.63, 3.8) is 0 Å². The van der Waals surface area contributed by atoms with Gasteiger partial charge in [0.1, 0.15) is 0 Å². The Kier molecular flexibility index (Phi) is 3.33. The lowest BCUT2D eigenvalue weighted by atomic mass is 10.2. The van der Waals surface area contributed by atoms with Crippen molar-refractivity contribution in [2.45, 2.75) is 0 Å². The topological polar surface area (TPSA) is 68.0 Å². The summed E-state index contributed by atoms with van der Waals surface area (Å²) in [5.41, 5.74) is 5.11. The molecule has 0 atom stereocenters. The fourth-order valence-electron chi connectivity index (χ4n) is 0.836. The Morgan fingerprint density at radius 1 is 1.69 bits per heavy atom. The number of rotatable bonds is 3. The van der Waals surface area contributed by atoms with E-state index in [2.05, 4.69) is 10.3 Å². The molecule has 4 nitrogen and oxygen atoms in total. The second-order valence-corrected chi connectivity index (χ2v) is 2.39. The zero-order valence-electron chi connectivity index (χ0n) is 6.96. The lowest BCUT2D eigenvalue weighted by Gasteiger charge is -2.02. The fraction of sp³-hybridized carbons (Fsp3) is 0.250. The predicted octanol–water partition coefficient (Wildman–Crippen LogP) is -0.0908. The molecule has 0 aromatic carbocycles. The zero-order valence-corrected chi connectivity index (χ0v) is 6.96. The van der Waals surface area contributed by atoms with Gasteiger partial charge in [0, 0.05) is 19.3 Å². The molecule has 0 unspecified atom stereocenters. The lowest BCUT2D eigenvalue weighted by Crippen LogP contribution is -2.29. The van der Waals surface area contributed by atoms with Gasteiger partial charge in [0.15, 0.2) is 0 Å². The van der Waals surface area contributed by atoms with E-state index >= 15 is 0 Å². The standard InChI is InChI=1S/C8H10FN3O/c9-7-6(2-1-4-11-7)8(13)12-5-3-10/h1-2,4H,3,5,10H2,(H,12,13). The Labute approximate surface area is 75.0 Å². The molecule has 5 heteroatoms. The molecule has 0 aliphatic carbocycles. The maximum atomic E-state index is 12.9. The molecular formula is C8H10FN3O. The van der Waals surface area contributed by atoms with Crippen LogP contribution in [0.4, 0.5) is 4.39 Å². The summed E-state index contributed by atoms with van der Waals surface area (Å²) in [7, 11) is 0. The van der Waals surface area contributed by atoms with Crippen molar-refractivity contribution in [2.24, 2.45) is 5.73 Å². The Morgan fingerprint density at radius 2 is 2.46 bits per heavy atom. The van der Waals surface area contributed by atoms with Crippen molar-refractivity contribution in [1.29, 1.82) is 0 Å². The van der Waals surface area contributed by atoms with Crippen molar-refractivity contribution < 1.29 is 9.18 Å². The number of nitrogens with zero attached hydrogens (tertiary/aromatic N) is 1. The fourth-order valence-corrected chi connectivity index (χ4v) is 0.836. The molecule has 1 heterocycles. The summed E-state index contributed by atoms with van der Waals surface area (Å²) in [6.07, 6.45) is 1.29. The predicted molar refractivity (Wildman–Crippen MR) is 45.6 cm³/mol. The monoisotopic (exact) mass is 183 g/mol. The average Bonchev–Trinajstić information content (AvgIpc) is 2.15. The summed E-state index contributed by atoms with van der Waals surface area (Å²) >= 11 is 0. The molecule has 1 amide bonds. The van der Waals surface area contributed by atoms with E-state index in [9.17, 15) is 9.18 Å². The number of carbonyl (C=O) groups is 1. The van der Waals surface area contributed by atoms with Crippen molar-refractivity contribution >= 4 is 5.91 Å². The Hall–Kier alpha value is -1.49. The van der Waals surface area contributed by atoms with Crippen molar-refractivity contribution in [3.05, 3.63) is 29.8 Å². The molecule has 0 spiro atoms. The highest BCUT2D eigenvalue weighted by Crippen LogP contribution is 2.01. The smallest absolute Gasteiger partial charge is 0.255 e. The highest BCUT2D eigenvalue weighted by molar-refractivity contribution is 5.94. The summed E-state index contributed by atoms with van der Waals surface area (Å²) in [5, 5.41) is 2.45. The van der Waals surface area contributed by atoms with Crippen LogP contribution in [0.3, 0.4) is 0 Å². The van der Waals surface area contributed by atoms with Crippen molar-refractivity contribution in [3.8, 4) is 0 Å². The van der Waals surface area contributed by atoms with Crippen LogP contribution < -0.4 is 11.1 Å². The SMILES string of the molecule is NCCNC(=O)c1cccnc1F. The molecule has 0 aliphatic rings. The number of amides is 1. The summed E-state index contributed by atoms with van der Waals surface area (Å²) in [6, 6.07) is 2.87. The number of halogens is 1. The first-order valence-corrected chi connectivity index (χ1v) is 3.84. The number of hydrogen-bond donors (Lipinski definition) is 2. The first-order valence-electron chi connectivity index (χ1n) is 3.84. The molecule has 1 rings (SSSR count). The van der Waals surface area contributed by atoms with Gasteiger partial charge in [-0.2, -0.15) is 4.39 Å². The largest absolute Gasteiger partial charge is 0.351 e. The van der Waals surface area contributed by atoms with Gasteiger partial charge < -0.3 is 11.1 Å². The third-order valence-corrected chi connectivity index (χ3v) is 1.43. The quantitative estimate of drug-likeness (QED) is 0.643. The first kappa shape index (κ1) is 9.60. The summed E-state index contributed by atoms with van der Waals surface area (Å²) in [6.45, 7) is 0.654. The Morgan fingerprint density at radius 3 is 3.08 bits per heavy atom. The van der Waals surface area contributed by atoms with Gasteiger partial charge in [-0.3, -0.25) is 4.79 Å². The minimum Gasteiger partial charge on any atom is -0.351 e. The van der Waals surface area contributed by atoms with Gasteiger partial charge in [-0.1, -0.05) is 0 Å². The molecule has 0 fully saturated rings. The summed E-state index contributed by atoms with van der Waals surface area (Å²) < 4.78 is 12.9. The van der Waals surface area contributed by atoms with E-state index in [1.165, 1.54) is 18.3 Å². The van der Waals surface area contributed by atoms with Crippen molar-refractivity contribution in [1.82, 2.24) is 10.3 Å². The Balaban J connectivity index is 2.71. The van der Waals surface area contributed by atoms with Crippen LogP contribution in [0.2, 0.25) is 0 Å². The van der Waals surface area contributed by atoms with Gasteiger partial charge in [-0.05, 0) is 12.1 Å². The van der Waals surface area contributed by atoms with Crippen LogP contribution in [-0.4, -0.2) is 24.0 Å². The van der Waals surface area contributed by atoms with Crippen LogP contribution in [0.1, 0.15) is 10.4 Å². The number of carbonyl (C=O) groups excluding carboxylic acids is 1. The average molecular weight is 183 g/mol. The minimum atomic E-state index is -0.767. The first-order chi connectivity index (χ1) is 6.25. The summed E-state index contributed by atoms with van der Waals surface area (Å²) in [4.78, 5) is 14.5. The number of hydrogen-bond acceptors (Lipinski definition) is 3. The normalized spacial score (nSPS) is 9.69. The van der Waals surface area contributed by atoms with E-state index in [0.717, 1.165) is 0 Å². The van der Waals surface area contributed by atoms with Crippen LogP contribution in [-0.2, 0) is 0 Å². The second-order valence-electron chi connectivity index (χ2n) is 2.39. The molecule has 0 saturated heterocycles. The van der Waals surface area contributed by atoms with E-state index in [1.54, 1.807) is 0 Å². The molecule has 0 aliphatic heterocycles. The maximum absolute atomic E-state index is 12.9. The molecule has 70 valence electrons. The minimum absolute atomic E-state index is 0.0593. The van der Waals surface area contributed by atoms with Gasteiger partial charge in [0.05, 0.1) is 5.56 Å². The third kappa shape index (κ3) is 2.48. The van der Waals surface area contributed by atoms with Gasteiger partial charge in [-0.15, -0.1) is 0 Å². The van der Waals surface area contributed by atoms with Crippen LogP contribution >= 0.6 is 0 Å². The third-order valence-electron chi connectivity index (χ3n) is 1.43. The highest BCUT2D eigenvalue weighted by atomic mass is 19.1. The van der Waals surface area contributed by atoms with Crippen LogP contribution in [0, 0.1) is 5.95 Å². The molecule has 1 aromatic rings. The number of aromatic nitrogens is 1. The van der Waals surface area contributed by atoms with E-state index in [1.807, 2.05) is 0 Å². The molecule has 13 heavy (non-hydrogen) atoms. The van der Waals surface area contributed by atoms with E-state index < -0.39 is 11.9 Å². The summed E-state index contributed by atoms with van der Waals surface area (Å²) in [5.74, 6) is -1.26. The van der Waals surface area contributed by atoms with Crippen LogP contribution in [0.15, 0.2) is 18.3 Å². The maximum Gasteiger partial charge on any atom is 0.255 e. The van der Waals surface area contributed by atoms with E-state index in [-0.39, 0.29) is 5.56 Å². The number of nitrogens with two attached hydrogens (primary N) is 1. The van der Waals surface area contributed by atoms with Gasteiger partial charge in [0.2, 0.25) is 5.95 Å². The van der Waals surface area contributed by atoms with Crippen molar-refractivity contribution in [2.75, 3.05) is 13.1 Å². The van der Waals surface area contributed by atoms with E-state index in [0.29, 0.717) is 13.1 Å². The number of nitrogens with one attached hydrogen (secondary N) is 1. The van der Waals surface area contributed by atoms with Gasteiger partial charge in [0.25, 0.3) is 5.91 Å². The highest BCUT2D eigenvalue weighted by Gasteiger charge is 2.10.